The third-order valence-corrected chi connectivity index (χ3v) is 4.01. The molecule has 0 radical (unpaired) electrons. The van der Waals surface area contributed by atoms with E-state index in [2.05, 4.69) is 18.7 Å². The Kier molecular flexibility index (Phi) is 6.56. The van der Waals surface area contributed by atoms with Gasteiger partial charge in [0.1, 0.15) is 5.75 Å². The second kappa shape index (κ2) is 7.94. The van der Waals surface area contributed by atoms with Crippen molar-refractivity contribution in [3.05, 3.63) is 29.3 Å². The van der Waals surface area contributed by atoms with Gasteiger partial charge in [0.25, 0.3) is 0 Å². The van der Waals surface area contributed by atoms with Crippen LogP contribution in [0.25, 0.3) is 0 Å². The van der Waals surface area contributed by atoms with E-state index in [9.17, 15) is 9.59 Å². The number of Topliss-reactive ketones (excluding diaryl/α,β-unsaturated/α-hetero) is 1. The number of hydrogen-bond acceptors (Lipinski definition) is 4. The molecule has 22 heavy (non-hydrogen) atoms. The van der Waals surface area contributed by atoms with Crippen LogP contribution in [0.1, 0.15) is 49.7 Å². The average molecular weight is 306 g/mol. The van der Waals surface area contributed by atoms with Crippen LogP contribution in [0, 0.1) is 0 Å². The number of ether oxygens (including phenoxy) is 1. The summed E-state index contributed by atoms with van der Waals surface area (Å²) < 4.78 is 5.41. The first-order valence-corrected chi connectivity index (χ1v) is 7.59. The van der Waals surface area contributed by atoms with Gasteiger partial charge in [-0.15, -0.1) is 0 Å². The fourth-order valence-electron chi connectivity index (χ4n) is 2.00. The van der Waals surface area contributed by atoms with Gasteiger partial charge in [-0.3, -0.25) is 9.69 Å². The molecule has 0 aliphatic carbocycles. The summed E-state index contributed by atoms with van der Waals surface area (Å²) in [6.07, 6.45) is -0.460. The van der Waals surface area contributed by atoms with Crippen molar-refractivity contribution in [2.24, 2.45) is 0 Å². The van der Waals surface area contributed by atoms with Crippen molar-refractivity contribution in [3.8, 4) is 5.75 Å². The largest absolute Gasteiger partial charge is 0.414 e. The van der Waals surface area contributed by atoms with Crippen molar-refractivity contribution in [1.82, 2.24) is 9.80 Å². The number of hydrogen-bond donors (Lipinski definition) is 0. The molecule has 5 nitrogen and oxygen atoms in total. The second-order valence-electron chi connectivity index (χ2n) is 5.44. The molecule has 1 atom stereocenters. The topological polar surface area (TPSA) is 49.9 Å². The van der Waals surface area contributed by atoms with Crippen molar-refractivity contribution in [2.75, 3.05) is 27.2 Å². The predicted molar refractivity (Wildman–Crippen MR) is 87.5 cm³/mol. The third kappa shape index (κ3) is 4.31. The fourth-order valence-corrected chi connectivity index (χ4v) is 2.00. The van der Waals surface area contributed by atoms with Gasteiger partial charge in [-0.2, -0.15) is 0 Å². The number of carbonyl (C=O) groups excluding carboxylic acids is 2. The summed E-state index contributed by atoms with van der Waals surface area (Å²) in [5, 5.41) is 0. The highest BCUT2D eigenvalue weighted by Crippen LogP contribution is 2.27. The Morgan fingerprint density at radius 2 is 1.82 bits per heavy atom. The monoisotopic (exact) mass is 306 g/mol. The minimum atomic E-state index is -0.460. The van der Waals surface area contributed by atoms with Crippen LogP contribution in [0.5, 0.6) is 5.75 Å². The summed E-state index contributed by atoms with van der Waals surface area (Å²) >= 11 is 0. The molecule has 5 heteroatoms. The van der Waals surface area contributed by atoms with Crippen LogP contribution in [-0.2, 0) is 0 Å². The van der Waals surface area contributed by atoms with Gasteiger partial charge in [0.15, 0.2) is 5.78 Å². The highest BCUT2D eigenvalue weighted by Gasteiger charge is 2.18. The molecular weight excluding hydrogens is 280 g/mol. The summed E-state index contributed by atoms with van der Waals surface area (Å²) in [6, 6.07) is 5.60. The zero-order valence-electron chi connectivity index (χ0n) is 14.3. The number of nitrogens with zero attached hydrogens (tertiary/aromatic N) is 2. The molecule has 1 unspecified atom stereocenters. The Morgan fingerprint density at radius 1 is 1.18 bits per heavy atom. The number of carbonyl (C=O) groups is 2. The summed E-state index contributed by atoms with van der Waals surface area (Å²) in [5.41, 5.74) is 1.43. The van der Waals surface area contributed by atoms with Crippen LogP contribution in [0.4, 0.5) is 4.79 Å². The Morgan fingerprint density at radius 3 is 2.32 bits per heavy atom. The van der Waals surface area contributed by atoms with Gasteiger partial charge in [0.05, 0.1) is 5.56 Å². The lowest BCUT2D eigenvalue weighted by molar-refractivity contribution is 0.101. The van der Waals surface area contributed by atoms with E-state index in [4.69, 9.17) is 4.74 Å². The first-order valence-electron chi connectivity index (χ1n) is 7.59. The lowest BCUT2D eigenvalue weighted by Crippen LogP contribution is -2.30. The van der Waals surface area contributed by atoms with Gasteiger partial charge in [0.2, 0.25) is 0 Å². The molecule has 1 aromatic carbocycles. The van der Waals surface area contributed by atoms with Gasteiger partial charge >= 0.3 is 6.09 Å². The molecule has 1 aromatic rings. The van der Waals surface area contributed by atoms with Gasteiger partial charge < -0.3 is 9.64 Å². The van der Waals surface area contributed by atoms with Gasteiger partial charge in [-0.25, -0.2) is 4.79 Å². The molecule has 0 bridgehead atoms. The van der Waals surface area contributed by atoms with E-state index in [0.29, 0.717) is 17.9 Å². The Labute approximate surface area is 132 Å². The zero-order chi connectivity index (χ0) is 16.9. The average Bonchev–Trinajstić information content (AvgIpc) is 2.51. The van der Waals surface area contributed by atoms with Crippen LogP contribution in [0.2, 0.25) is 0 Å². The van der Waals surface area contributed by atoms with Crippen LogP contribution in [0.3, 0.4) is 0 Å². The summed E-state index contributed by atoms with van der Waals surface area (Å²) in [4.78, 5) is 27.3. The fraction of sp³-hybridized carbons (Fsp3) is 0.529. The molecule has 0 aliphatic heterocycles. The van der Waals surface area contributed by atoms with Gasteiger partial charge in [0, 0.05) is 19.6 Å². The minimum absolute atomic E-state index is 0.120. The van der Waals surface area contributed by atoms with Crippen molar-refractivity contribution in [2.45, 2.75) is 33.7 Å². The van der Waals surface area contributed by atoms with Gasteiger partial charge in [-0.1, -0.05) is 13.0 Å². The van der Waals surface area contributed by atoms with E-state index < -0.39 is 6.09 Å². The third-order valence-electron chi connectivity index (χ3n) is 4.01. The summed E-state index contributed by atoms with van der Waals surface area (Å²) in [6.45, 7) is 8.94. The highest BCUT2D eigenvalue weighted by molar-refractivity contribution is 5.97. The quantitative estimate of drug-likeness (QED) is 0.756. The molecule has 0 saturated heterocycles. The van der Waals surface area contributed by atoms with E-state index in [1.807, 2.05) is 20.0 Å². The maximum absolute atomic E-state index is 12.0. The SMILES string of the molecule is CCN(C)C(=O)Oc1cc(C(C)N(C)CC)ccc1C(C)=O. The molecule has 0 fully saturated rings. The van der Waals surface area contributed by atoms with E-state index in [1.54, 1.807) is 19.2 Å². The first-order chi connectivity index (χ1) is 10.3. The Balaban J connectivity index is 3.15. The second-order valence-corrected chi connectivity index (χ2v) is 5.44. The molecular formula is C17H26N2O3. The van der Waals surface area contributed by atoms with Crippen LogP contribution < -0.4 is 4.74 Å². The first kappa shape index (κ1) is 18.2. The van der Waals surface area contributed by atoms with Crippen molar-refractivity contribution in [3.63, 3.8) is 0 Å². The van der Waals surface area contributed by atoms with Crippen molar-refractivity contribution >= 4 is 11.9 Å². The smallest absolute Gasteiger partial charge is 0.409 e. The normalized spacial score (nSPS) is 12.1. The molecule has 0 aromatic heterocycles. The highest BCUT2D eigenvalue weighted by atomic mass is 16.6. The molecule has 0 aliphatic rings. The van der Waals surface area contributed by atoms with Crippen LogP contribution >= 0.6 is 0 Å². The van der Waals surface area contributed by atoms with Crippen LogP contribution in [-0.4, -0.2) is 48.9 Å². The lowest BCUT2D eigenvalue weighted by Gasteiger charge is -2.24. The molecule has 0 heterocycles. The minimum Gasteiger partial charge on any atom is -0.409 e. The molecule has 0 N–H and O–H groups in total. The predicted octanol–water partition coefficient (Wildman–Crippen LogP) is 3.35. The van der Waals surface area contributed by atoms with Crippen molar-refractivity contribution in [1.29, 1.82) is 0 Å². The lowest BCUT2D eigenvalue weighted by atomic mass is 10.0. The molecule has 0 spiro atoms. The summed E-state index contributed by atoms with van der Waals surface area (Å²) in [5.74, 6) is 0.205. The Bertz CT molecular complexity index is 543. The number of benzene rings is 1. The molecule has 1 amide bonds. The number of amides is 1. The number of rotatable bonds is 6. The zero-order valence-corrected chi connectivity index (χ0v) is 14.3. The van der Waals surface area contributed by atoms with E-state index >= 15 is 0 Å². The molecule has 0 saturated carbocycles. The number of ketones is 1. The van der Waals surface area contributed by atoms with Crippen molar-refractivity contribution < 1.29 is 14.3 Å². The molecule has 122 valence electrons. The Hall–Kier alpha value is -1.88. The maximum Gasteiger partial charge on any atom is 0.414 e. The van der Waals surface area contributed by atoms with E-state index in [-0.39, 0.29) is 11.8 Å². The van der Waals surface area contributed by atoms with E-state index in [0.717, 1.165) is 12.1 Å². The van der Waals surface area contributed by atoms with Gasteiger partial charge in [-0.05, 0) is 52.1 Å². The standard InChI is InChI=1S/C17H26N2O3/c1-7-18(5)12(3)14-9-10-15(13(4)20)16(11-14)22-17(21)19(6)8-2/h9-12H,7-8H2,1-6H3. The maximum atomic E-state index is 12.0. The summed E-state index contributed by atoms with van der Waals surface area (Å²) in [7, 11) is 3.69. The van der Waals surface area contributed by atoms with Crippen LogP contribution in [0.15, 0.2) is 18.2 Å². The van der Waals surface area contributed by atoms with E-state index in [1.165, 1.54) is 11.8 Å². The molecule has 1 rings (SSSR count).